The van der Waals surface area contributed by atoms with E-state index in [0.29, 0.717) is 0 Å². The molecule has 0 saturated carbocycles. The molecule has 3 nitrogen and oxygen atoms in total. The molecule has 1 fully saturated rings. The number of hydrogen-bond acceptors (Lipinski definition) is 5. The third kappa shape index (κ3) is 0.830. The second kappa shape index (κ2) is 2.27. The van der Waals surface area contributed by atoms with Crippen molar-refractivity contribution in [3.05, 3.63) is 0 Å². The zero-order valence-corrected chi connectivity index (χ0v) is 7.89. The first kappa shape index (κ1) is 6.56. The molecule has 3 rings (SSSR count). The minimum atomic E-state index is -0.164. The van der Waals surface area contributed by atoms with Crippen molar-refractivity contribution < 1.29 is 4.28 Å². The summed E-state index contributed by atoms with van der Waals surface area (Å²) in [5, 5.41) is 4.01. The molecular weight excluding hydrogens is 200 g/mol. The molecular formula is C5H4N2OS3. The summed E-state index contributed by atoms with van der Waals surface area (Å²) in [6, 6.07) is 0. The highest BCUT2D eigenvalue weighted by molar-refractivity contribution is 8.83. The molecule has 6 heteroatoms. The standard InChI is InChI=1S/C5H4N2OS3/c1-3-5-4(2-9-1)7-10-11(5)8-6-3/h1-2H2. The second-order valence-corrected chi connectivity index (χ2v) is 5.98. The Hall–Kier alpha value is 0.0600. The minimum Gasteiger partial charge on any atom is -0.317 e. The van der Waals surface area contributed by atoms with Crippen LogP contribution in [0.25, 0.3) is 0 Å². The van der Waals surface area contributed by atoms with Crippen LogP contribution < -0.4 is 0 Å². The van der Waals surface area contributed by atoms with E-state index in [-0.39, 0.29) is 9.80 Å². The smallest absolute Gasteiger partial charge is 0.118 e. The van der Waals surface area contributed by atoms with Gasteiger partial charge in [-0.3, -0.25) is 0 Å². The molecule has 0 aromatic carbocycles. The summed E-state index contributed by atoms with van der Waals surface area (Å²) in [5.41, 5.74) is 2.32. The predicted octanol–water partition coefficient (Wildman–Crippen LogP) is 1.49. The molecule has 0 radical (unpaired) electrons. The number of thioether (sulfide) groups is 1. The van der Waals surface area contributed by atoms with Crippen LogP contribution in [0.2, 0.25) is 0 Å². The Kier molecular flexibility index (Phi) is 1.36. The monoisotopic (exact) mass is 204 g/mol. The number of oxime groups is 1. The van der Waals surface area contributed by atoms with E-state index in [4.69, 9.17) is 4.28 Å². The summed E-state index contributed by atoms with van der Waals surface area (Å²) in [5.74, 6) is 2.03. The molecule has 0 aliphatic carbocycles. The SMILES string of the molecule is C1SCC2=NSS3=C2C1=NO3. The van der Waals surface area contributed by atoms with Crippen molar-refractivity contribution in [2.24, 2.45) is 9.55 Å². The fourth-order valence-corrected chi connectivity index (χ4v) is 5.04. The number of hydrogen-bond donors (Lipinski definition) is 0. The second-order valence-electron chi connectivity index (χ2n) is 2.28. The lowest BCUT2D eigenvalue weighted by Gasteiger charge is -2.09. The van der Waals surface area contributed by atoms with E-state index >= 15 is 0 Å². The minimum absolute atomic E-state index is 0.164. The Balaban J connectivity index is 2.16. The van der Waals surface area contributed by atoms with Crippen LogP contribution in [-0.2, 0) is 4.28 Å². The summed E-state index contributed by atoms with van der Waals surface area (Å²) in [4.78, 5) is 1.29. The van der Waals surface area contributed by atoms with Crippen molar-refractivity contribution in [3.8, 4) is 0 Å². The molecule has 1 unspecified atom stereocenters. The zero-order valence-electron chi connectivity index (χ0n) is 5.44. The lowest BCUT2D eigenvalue weighted by atomic mass is 10.2. The van der Waals surface area contributed by atoms with Crippen LogP contribution in [0.5, 0.6) is 0 Å². The van der Waals surface area contributed by atoms with Crippen LogP contribution in [-0.4, -0.2) is 27.8 Å². The fraction of sp³-hybridized carbons (Fsp3) is 0.400. The average molecular weight is 204 g/mol. The molecule has 0 aromatic rings. The zero-order chi connectivity index (χ0) is 7.26. The summed E-state index contributed by atoms with van der Waals surface area (Å²) >= 11 is 1.86. The van der Waals surface area contributed by atoms with E-state index < -0.39 is 0 Å². The first-order valence-electron chi connectivity index (χ1n) is 3.13. The van der Waals surface area contributed by atoms with Gasteiger partial charge in [-0.1, -0.05) is 5.16 Å². The molecule has 11 heavy (non-hydrogen) atoms. The van der Waals surface area contributed by atoms with Crippen LogP contribution in [0.4, 0.5) is 0 Å². The molecule has 1 saturated heterocycles. The van der Waals surface area contributed by atoms with Gasteiger partial charge in [0.1, 0.15) is 15.5 Å². The fourth-order valence-electron chi connectivity index (χ4n) is 1.12. The van der Waals surface area contributed by atoms with Gasteiger partial charge in [-0.25, -0.2) is 4.40 Å². The molecule has 0 bridgehead atoms. The third-order valence-electron chi connectivity index (χ3n) is 1.60. The lowest BCUT2D eigenvalue weighted by molar-refractivity contribution is 0.415. The average Bonchev–Trinajstić information content (AvgIpc) is 2.60. The van der Waals surface area contributed by atoms with E-state index in [0.717, 1.165) is 17.2 Å². The normalized spacial score (nSPS) is 32.7. The Morgan fingerprint density at radius 3 is 3.27 bits per heavy atom. The first-order chi connectivity index (χ1) is 5.45. The maximum Gasteiger partial charge on any atom is 0.118 e. The topological polar surface area (TPSA) is 34.0 Å². The van der Waals surface area contributed by atoms with Gasteiger partial charge in [0.15, 0.2) is 0 Å². The van der Waals surface area contributed by atoms with Crippen molar-refractivity contribution in [1.29, 1.82) is 0 Å². The van der Waals surface area contributed by atoms with Crippen molar-refractivity contribution in [3.63, 3.8) is 0 Å². The molecule has 58 valence electrons. The van der Waals surface area contributed by atoms with Gasteiger partial charge in [0.2, 0.25) is 0 Å². The van der Waals surface area contributed by atoms with Crippen LogP contribution in [0, 0.1) is 0 Å². The van der Waals surface area contributed by atoms with Gasteiger partial charge in [0, 0.05) is 11.5 Å². The predicted molar refractivity (Wildman–Crippen MR) is 53.5 cm³/mol. The summed E-state index contributed by atoms with van der Waals surface area (Å²) < 4.78 is 9.53. The van der Waals surface area contributed by atoms with Crippen molar-refractivity contribution in [2.75, 3.05) is 11.5 Å². The van der Waals surface area contributed by atoms with Gasteiger partial charge in [-0.15, -0.1) is 11.8 Å². The van der Waals surface area contributed by atoms with Crippen LogP contribution in [0.15, 0.2) is 9.55 Å². The van der Waals surface area contributed by atoms with Crippen LogP contribution >= 0.6 is 32.5 Å². The van der Waals surface area contributed by atoms with Gasteiger partial charge >= 0.3 is 0 Å². The first-order valence-corrected chi connectivity index (χ1v) is 6.73. The maximum atomic E-state index is 5.20. The highest BCUT2D eigenvalue weighted by Gasteiger charge is 2.34. The number of rotatable bonds is 0. The molecule has 0 aromatic heterocycles. The highest BCUT2D eigenvalue weighted by Crippen LogP contribution is 2.45. The van der Waals surface area contributed by atoms with Crippen LogP contribution in [0.3, 0.4) is 0 Å². The van der Waals surface area contributed by atoms with E-state index in [1.807, 2.05) is 11.8 Å². The van der Waals surface area contributed by atoms with E-state index in [1.165, 1.54) is 21.6 Å². The Bertz CT molecular complexity index is 292. The van der Waals surface area contributed by atoms with E-state index in [1.54, 1.807) is 0 Å². The molecule has 1 atom stereocenters. The molecule has 0 N–H and O–H groups in total. The van der Waals surface area contributed by atoms with Gasteiger partial charge in [-0.2, -0.15) is 0 Å². The third-order valence-corrected chi connectivity index (χ3v) is 5.31. The van der Waals surface area contributed by atoms with Gasteiger partial charge in [0.25, 0.3) is 0 Å². The van der Waals surface area contributed by atoms with Gasteiger partial charge < -0.3 is 4.28 Å². The van der Waals surface area contributed by atoms with E-state index in [9.17, 15) is 0 Å². The quantitative estimate of drug-likeness (QED) is 0.340. The van der Waals surface area contributed by atoms with Gasteiger partial charge in [0.05, 0.1) is 21.6 Å². The lowest BCUT2D eigenvalue weighted by Crippen LogP contribution is -2.28. The Morgan fingerprint density at radius 2 is 2.27 bits per heavy atom. The molecule has 0 spiro atoms. The van der Waals surface area contributed by atoms with Crippen molar-refractivity contribution in [2.45, 2.75) is 0 Å². The van der Waals surface area contributed by atoms with Gasteiger partial charge in [-0.05, 0) is 0 Å². The van der Waals surface area contributed by atoms with Crippen LogP contribution in [0.1, 0.15) is 0 Å². The number of nitrogens with zero attached hydrogens (tertiary/aromatic N) is 2. The van der Waals surface area contributed by atoms with Crippen molar-refractivity contribution in [1.82, 2.24) is 0 Å². The summed E-state index contributed by atoms with van der Waals surface area (Å²) in [7, 11) is 1.35. The molecule has 0 amide bonds. The summed E-state index contributed by atoms with van der Waals surface area (Å²) in [6.45, 7) is 0. The summed E-state index contributed by atoms with van der Waals surface area (Å²) in [6.07, 6.45) is 0. The Morgan fingerprint density at radius 1 is 1.36 bits per heavy atom. The molecule has 3 aliphatic rings. The molecule has 3 heterocycles. The Labute approximate surface area is 74.3 Å². The van der Waals surface area contributed by atoms with Crippen molar-refractivity contribution >= 4 is 48.8 Å². The van der Waals surface area contributed by atoms with E-state index in [2.05, 4.69) is 9.55 Å². The highest BCUT2D eigenvalue weighted by atomic mass is 33.1. The maximum absolute atomic E-state index is 5.20. The molecule has 3 aliphatic heterocycles. The largest absolute Gasteiger partial charge is 0.317 e.